The molecule has 1 fully saturated rings. The molecule has 10 nitrogen and oxygen atoms in total. The van der Waals surface area contributed by atoms with Gasteiger partial charge in [0.1, 0.15) is 17.1 Å². The number of nitrogens with two attached hydrogens (primary N) is 1. The van der Waals surface area contributed by atoms with Crippen molar-refractivity contribution in [3.05, 3.63) is 28.9 Å². The van der Waals surface area contributed by atoms with Gasteiger partial charge < -0.3 is 22.7 Å². The molecule has 0 aromatic carbocycles. The minimum atomic E-state index is -1.21. The second kappa shape index (κ2) is 9.09. The molecular formula is C15H15N4NaO6S2. The third-order valence-corrected chi connectivity index (χ3v) is 5.73. The van der Waals surface area contributed by atoms with E-state index >= 15 is 0 Å². The molecule has 2 aliphatic rings. The number of hydrogen-bond donors (Lipinski definition) is 4. The zero-order chi connectivity index (χ0) is 19.7. The molecule has 0 aliphatic carbocycles. The Morgan fingerprint density at radius 3 is 2.71 bits per heavy atom. The SMILES string of the molecule is Nc1nc(/C(=C/CC(=O)O)C(=O)N[C@@H]2C(=O)N3C(C(=O)O)=CCS[C@H]23)cs1.[H-].[Na+]. The van der Waals surface area contributed by atoms with E-state index in [4.69, 9.17) is 15.9 Å². The monoisotopic (exact) mass is 434 g/mol. The molecule has 1 aromatic rings. The molecule has 1 saturated heterocycles. The molecule has 1 aromatic heterocycles. The molecular weight excluding hydrogens is 419 g/mol. The van der Waals surface area contributed by atoms with Crippen LogP contribution in [0.15, 0.2) is 23.2 Å². The van der Waals surface area contributed by atoms with E-state index in [0.717, 1.165) is 16.2 Å². The molecule has 2 aliphatic heterocycles. The van der Waals surface area contributed by atoms with Gasteiger partial charge in [0.05, 0.1) is 17.7 Å². The number of carbonyl (C=O) groups excluding carboxylic acids is 2. The predicted molar refractivity (Wildman–Crippen MR) is 98.6 cm³/mol. The largest absolute Gasteiger partial charge is 1.00 e. The molecule has 28 heavy (non-hydrogen) atoms. The van der Waals surface area contributed by atoms with E-state index in [9.17, 15) is 19.2 Å². The van der Waals surface area contributed by atoms with Crippen LogP contribution in [-0.4, -0.2) is 61.0 Å². The smallest absolute Gasteiger partial charge is 1.00 e. The van der Waals surface area contributed by atoms with Gasteiger partial charge in [-0.05, 0) is 6.08 Å². The van der Waals surface area contributed by atoms with Gasteiger partial charge in [-0.25, -0.2) is 9.78 Å². The van der Waals surface area contributed by atoms with Crippen LogP contribution in [0.5, 0.6) is 0 Å². The van der Waals surface area contributed by atoms with E-state index in [1.165, 1.54) is 29.3 Å². The number of carboxylic acid groups (broad SMARTS) is 2. The van der Waals surface area contributed by atoms with Gasteiger partial charge in [-0.15, -0.1) is 23.1 Å². The Balaban J connectivity index is 0.00000210. The van der Waals surface area contributed by atoms with Crippen LogP contribution in [0.4, 0.5) is 5.13 Å². The van der Waals surface area contributed by atoms with Gasteiger partial charge in [0.25, 0.3) is 11.8 Å². The van der Waals surface area contributed by atoms with Crippen molar-refractivity contribution in [1.29, 1.82) is 0 Å². The first kappa shape index (κ1) is 22.4. The minimum Gasteiger partial charge on any atom is -1.00 e. The number of aliphatic carboxylic acids is 2. The molecule has 0 radical (unpaired) electrons. The van der Waals surface area contributed by atoms with Crippen LogP contribution < -0.4 is 40.6 Å². The second-order valence-electron chi connectivity index (χ2n) is 5.56. The number of fused-ring (bicyclic) bond motifs is 1. The Morgan fingerprint density at radius 1 is 1.43 bits per heavy atom. The number of carbonyl (C=O) groups is 4. The van der Waals surface area contributed by atoms with Gasteiger partial charge in [0, 0.05) is 11.1 Å². The van der Waals surface area contributed by atoms with Crippen LogP contribution in [0.2, 0.25) is 0 Å². The van der Waals surface area contributed by atoms with Gasteiger partial charge in [-0.2, -0.15) is 0 Å². The number of hydrogen-bond acceptors (Lipinski definition) is 8. The number of nitrogens with one attached hydrogen (secondary N) is 1. The van der Waals surface area contributed by atoms with E-state index in [1.54, 1.807) is 0 Å². The molecule has 144 valence electrons. The Hall–Kier alpha value is -1.86. The second-order valence-corrected chi connectivity index (χ2v) is 7.60. The Kier molecular flexibility index (Phi) is 7.28. The van der Waals surface area contributed by atoms with E-state index in [0.29, 0.717) is 5.75 Å². The van der Waals surface area contributed by atoms with Gasteiger partial charge in [0.2, 0.25) is 0 Å². The summed E-state index contributed by atoms with van der Waals surface area (Å²) in [7, 11) is 0. The number of β-lactam (4-membered cyclic amide) rings is 1. The van der Waals surface area contributed by atoms with Crippen molar-refractivity contribution in [2.24, 2.45) is 0 Å². The third kappa shape index (κ3) is 4.41. The Morgan fingerprint density at radius 2 is 2.14 bits per heavy atom. The Bertz CT molecular complexity index is 905. The van der Waals surface area contributed by atoms with Crippen molar-refractivity contribution in [3.63, 3.8) is 0 Å². The molecule has 2 amide bonds. The summed E-state index contributed by atoms with van der Waals surface area (Å²) in [6.07, 6.45) is 2.23. The number of anilines is 1. The number of carboxylic acids is 2. The van der Waals surface area contributed by atoms with Gasteiger partial charge in [0.15, 0.2) is 5.13 Å². The summed E-state index contributed by atoms with van der Waals surface area (Å²) < 4.78 is 0. The summed E-state index contributed by atoms with van der Waals surface area (Å²) >= 11 is 2.41. The Labute approximate surface area is 190 Å². The van der Waals surface area contributed by atoms with Crippen molar-refractivity contribution >= 4 is 57.6 Å². The van der Waals surface area contributed by atoms with E-state index in [1.807, 2.05) is 0 Å². The zero-order valence-corrected chi connectivity index (χ0v) is 18.2. The summed E-state index contributed by atoms with van der Waals surface area (Å²) in [6, 6.07) is -0.908. The average molecular weight is 434 g/mol. The first-order valence-electron chi connectivity index (χ1n) is 7.62. The fourth-order valence-electron chi connectivity index (χ4n) is 2.67. The van der Waals surface area contributed by atoms with Gasteiger partial charge >= 0.3 is 41.5 Å². The summed E-state index contributed by atoms with van der Waals surface area (Å²) in [5, 5.41) is 21.8. The molecule has 2 atom stereocenters. The van der Waals surface area contributed by atoms with Crippen LogP contribution >= 0.6 is 23.1 Å². The standard InChI is InChI=1S/C15H14N4O6S2.Na.H/c16-15-17-7(5-27-15)6(1-2-9(20)21)11(22)18-10-12(23)19-8(14(24)25)3-4-26-13(10)19;;/h1,3,5,10,13H,2,4H2,(H2,16,17)(H,18,22)(H,20,21)(H,24,25);;/q;+1;-1/b6-1-;;/t10-,13-;;/m1../s1. The molecule has 3 heterocycles. The van der Waals surface area contributed by atoms with Crippen LogP contribution in [0.25, 0.3) is 5.57 Å². The van der Waals surface area contributed by atoms with Gasteiger partial charge in [-0.1, -0.05) is 6.08 Å². The van der Waals surface area contributed by atoms with Crippen LogP contribution in [0.3, 0.4) is 0 Å². The van der Waals surface area contributed by atoms with E-state index in [2.05, 4.69) is 10.3 Å². The average Bonchev–Trinajstić information content (AvgIpc) is 3.04. The fourth-order valence-corrected chi connectivity index (χ4v) is 4.43. The molecule has 0 bridgehead atoms. The molecule has 0 unspecified atom stereocenters. The number of thioether (sulfide) groups is 1. The fraction of sp³-hybridized carbons (Fsp3) is 0.267. The van der Waals surface area contributed by atoms with E-state index < -0.39 is 41.6 Å². The molecule has 3 rings (SSSR count). The molecule has 13 heteroatoms. The number of thiazole rings is 1. The first-order valence-corrected chi connectivity index (χ1v) is 9.54. The number of nitrogens with zero attached hydrogens (tertiary/aromatic N) is 2. The normalized spacial score (nSPS) is 21.0. The number of nitrogen functional groups attached to an aromatic ring is 1. The zero-order valence-electron chi connectivity index (χ0n) is 15.6. The molecule has 0 spiro atoms. The summed E-state index contributed by atoms with van der Waals surface area (Å²) in [5.74, 6) is -3.16. The number of aromatic nitrogens is 1. The van der Waals surface area contributed by atoms with Crippen LogP contribution in [0, 0.1) is 0 Å². The van der Waals surface area contributed by atoms with E-state index in [-0.39, 0.29) is 53.1 Å². The summed E-state index contributed by atoms with van der Waals surface area (Å²) in [5.41, 5.74) is 5.66. The van der Waals surface area contributed by atoms with Crippen molar-refractivity contribution in [3.8, 4) is 0 Å². The summed E-state index contributed by atoms with van der Waals surface area (Å²) in [6.45, 7) is 0. The maximum absolute atomic E-state index is 12.6. The summed E-state index contributed by atoms with van der Waals surface area (Å²) in [4.78, 5) is 52.1. The number of rotatable bonds is 6. The van der Waals surface area contributed by atoms with Crippen molar-refractivity contribution < 1.29 is 60.4 Å². The predicted octanol–water partition coefficient (Wildman–Crippen LogP) is -2.93. The maximum Gasteiger partial charge on any atom is 1.00 e. The minimum absolute atomic E-state index is 0. The topological polar surface area (TPSA) is 163 Å². The first-order chi connectivity index (χ1) is 12.8. The maximum atomic E-state index is 12.6. The third-order valence-electron chi connectivity index (χ3n) is 3.88. The van der Waals surface area contributed by atoms with Crippen molar-refractivity contribution in [2.45, 2.75) is 17.8 Å². The molecule has 0 saturated carbocycles. The van der Waals surface area contributed by atoms with Crippen LogP contribution in [0.1, 0.15) is 13.5 Å². The molecule has 5 N–H and O–H groups in total. The van der Waals surface area contributed by atoms with Crippen molar-refractivity contribution in [2.75, 3.05) is 11.5 Å². The quantitative estimate of drug-likeness (QED) is 0.208. The van der Waals surface area contributed by atoms with Crippen LogP contribution in [-0.2, 0) is 19.2 Å². The van der Waals surface area contributed by atoms with Crippen molar-refractivity contribution in [1.82, 2.24) is 15.2 Å². The number of amides is 2. The van der Waals surface area contributed by atoms with Gasteiger partial charge in [-0.3, -0.25) is 19.3 Å².